The Morgan fingerprint density at radius 1 is 1.24 bits per heavy atom. The third kappa shape index (κ3) is 7.06. The first-order valence-electron chi connectivity index (χ1n) is 7.85. The molecule has 0 aromatic carbocycles. The third-order valence-corrected chi connectivity index (χ3v) is 3.49. The lowest BCUT2D eigenvalue weighted by Gasteiger charge is -2.28. The van der Waals surface area contributed by atoms with Crippen molar-refractivity contribution in [1.82, 2.24) is 0 Å². The van der Waals surface area contributed by atoms with E-state index in [2.05, 4.69) is 0 Å². The summed E-state index contributed by atoms with van der Waals surface area (Å²) in [4.78, 5) is 33.6. The van der Waals surface area contributed by atoms with E-state index in [-0.39, 0.29) is 0 Å². The zero-order valence-corrected chi connectivity index (χ0v) is 14.7. The minimum Gasteiger partial charge on any atom is -0.459 e. The number of methoxy groups -OCH3 is 1. The van der Waals surface area contributed by atoms with Crippen LogP contribution in [0.5, 0.6) is 0 Å². The van der Waals surface area contributed by atoms with Gasteiger partial charge in [0.05, 0.1) is 0 Å². The highest BCUT2D eigenvalue weighted by molar-refractivity contribution is 5.82. The van der Waals surface area contributed by atoms with Gasteiger partial charge in [0.15, 0.2) is 6.10 Å². The summed E-state index contributed by atoms with van der Waals surface area (Å²) >= 11 is 0. The summed E-state index contributed by atoms with van der Waals surface area (Å²) in [5, 5.41) is 10.3. The molecule has 0 amide bonds. The SMILES string of the molecule is COC(/C=C/C(OC(C)=O)C(C)OC(C)=O)C(O)C1CC=CC(=O)O1. The number of carbonyl (C=O) groups is 3. The molecule has 1 aliphatic rings. The molecular formula is C17H24O8. The van der Waals surface area contributed by atoms with E-state index in [0.29, 0.717) is 6.42 Å². The van der Waals surface area contributed by atoms with Gasteiger partial charge in [0, 0.05) is 33.5 Å². The number of ether oxygens (including phenoxy) is 4. The minimum absolute atomic E-state index is 0.359. The summed E-state index contributed by atoms with van der Waals surface area (Å²) in [5.74, 6) is -1.59. The van der Waals surface area contributed by atoms with Crippen LogP contribution < -0.4 is 0 Å². The van der Waals surface area contributed by atoms with Crippen molar-refractivity contribution in [2.24, 2.45) is 0 Å². The van der Waals surface area contributed by atoms with Crippen LogP contribution >= 0.6 is 0 Å². The molecule has 0 aliphatic carbocycles. The Balaban J connectivity index is 2.82. The summed E-state index contributed by atoms with van der Waals surface area (Å²) in [5.41, 5.74) is 0. The van der Waals surface area contributed by atoms with Gasteiger partial charge in [0.25, 0.3) is 0 Å². The second kappa shape index (κ2) is 9.95. The zero-order chi connectivity index (χ0) is 19.0. The molecule has 0 spiro atoms. The van der Waals surface area contributed by atoms with E-state index in [1.807, 2.05) is 0 Å². The van der Waals surface area contributed by atoms with E-state index in [1.54, 1.807) is 13.0 Å². The largest absolute Gasteiger partial charge is 0.459 e. The quantitative estimate of drug-likeness (QED) is 0.384. The molecule has 0 aromatic rings. The van der Waals surface area contributed by atoms with E-state index < -0.39 is 48.4 Å². The first kappa shape index (κ1) is 20.9. The maximum Gasteiger partial charge on any atom is 0.330 e. The molecule has 0 bridgehead atoms. The summed E-state index contributed by atoms with van der Waals surface area (Å²) in [6.45, 7) is 4.06. The molecular weight excluding hydrogens is 332 g/mol. The van der Waals surface area contributed by atoms with Gasteiger partial charge in [0.1, 0.15) is 24.4 Å². The molecule has 0 aromatic heterocycles. The number of carbonyl (C=O) groups excluding carboxylic acids is 3. The highest BCUT2D eigenvalue weighted by atomic mass is 16.6. The van der Waals surface area contributed by atoms with Crippen molar-refractivity contribution >= 4 is 17.9 Å². The Bertz CT molecular complexity index is 539. The lowest BCUT2D eigenvalue weighted by atomic mass is 10.0. The third-order valence-electron chi connectivity index (χ3n) is 3.49. The molecule has 1 rings (SSSR count). The minimum atomic E-state index is -1.11. The van der Waals surface area contributed by atoms with Crippen LogP contribution in [0.15, 0.2) is 24.3 Å². The Labute approximate surface area is 146 Å². The zero-order valence-electron chi connectivity index (χ0n) is 14.7. The molecule has 140 valence electrons. The lowest BCUT2D eigenvalue weighted by molar-refractivity contribution is -0.160. The average molecular weight is 356 g/mol. The second-order valence-electron chi connectivity index (χ2n) is 5.58. The molecule has 0 saturated heterocycles. The average Bonchev–Trinajstić information content (AvgIpc) is 2.53. The standard InChI is InChI=1S/C17H24O8/c1-10(23-11(2)18)13(24-12(3)19)8-9-14(22-4)17(21)15-6-5-7-16(20)25-15/h5,7-10,13-15,17,21H,6H2,1-4H3/b9-8+. The maximum atomic E-state index is 11.3. The highest BCUT2D eigenvalue weighted by Gasteiger charge is 2.30. The number of aliphatic hydroxyl groups excluding tert-OH is 1. The molecule has 25 heavy (non-hydrogen) atoms. The van der Waals surface area contributed by atoms with Crippen LogP contribution in [0.25, 0.3) is 0 Å². The fourth-order valence-electron chi connectivity index (χ4n) is 2.32. The molecule has 0 radical (unpaired) electrons. The molecule has 0 saturated carbocycles. The molecule has 5 atom stereocenters. The topological polar surface area (TPSA) is 108 Å². The first-order valence-corrected chi connectivity index (χ1v) is 7.85. The molecule has 1 aliphatic heterocycles. The normalized spacial score (nSPS) is 22.0. The molecule has 1 heterocycles. The van der Waals surface area contributed by atoms with Gasteiger partial charge in [0.2, 0.25) is 0 Å². The van der Waals surface area contributed by atoms with E-state index >= 15 is 0 Å². The van der Waals surface area contributed by atoms with Crippen LogP contribution in [0.3, 0.4) is 0 Å². The van der Waals surface area contributed by atoms with Crippen molar-refractivity contribution in [1.29, 1.82) is 0 Å². The smallest absolute Gasteiger partial charge is 0.330 e. The number of aliphatic hydroxyl groups is 1. The van der Waals surface area contributed by atoms with Gasteiger partial charge in [-0.05, 0) is 13.0 Å². The fourth-order valence-corrected chi connectivity index (χ4v) is 2.32. The molecule has 0 fully saturated rings. The predicted octanol–water partition coefficient (Wildman–Crippen LogP) is 0.673. The molecule has 1 N–H and O–H groups in total. The Morgan fingerprint density at radius 2 is 1.84 bits per heavy atom. The monoisotopic (exact) mass is 356 g/mol. The lowest BCUT2D eigenvalue weighted by Crippen LogP contribution is -2.41. The molecule has 8 nitrogen and oxygen atoms in total. The van der Waals surface area contributed by atoms with Crippen LogP contribution in [0.4, 0.5) is 0 Å². The summed E-state index contributed by atoms with van der Waals surface area (Å²) in [6.07, 6.45) is 1.96. The van der Waals surface area contributed by atoms with Crippen molar-refractivity contribution < 1.29 is 38.4 Å². The van der Waals surface area contributed by atoms with Crippen molar-refractivity contribution in [3.05, 3.63) is 24.3 Å². The van der Waals surface area contributed by atoms with E-state index in [9.17, 15) is 19.5 Å². The van der Waals surface area contributed by atoms with E-state index in [4.69, 9.17) is 18.9 Å². The summed E-state index contributed by atoms with van der Waals surface area (Å²) in [7, 11) is 1.38. The molecule has 8 heteroatoms. The number of cyclic esters (lactones) is 1. The Kier molecular flexibility index (Phi) is 8.30. The first-order chi connectivity index (χ1) is 11.7. The van der Waals surface area contributed by atoms with Crippen molar-refractivity contribution in [3.63, 3.8) is 0 Å². The van der Waals surface area contributed by atoms with Gasteiger partial charge in [-0.15, -0.1) is 0 Å². The van der Waals surface area contributed by atoms with E-state index in [0.717, 1.165) is 0 Å². The number of hydrogen-bond acceptors (Lipinski definition) is 8. The summed E-state index contributed by atoms with van der Waals surface area (Å²) in [6, 6.07) is 0. The Morgan fingerprint density at radius 3 is 2.36 bits per heavy atom. The van der Waals surface area contributed by atoms with Gasteiger partial charge in [-0.3, -0.25) is 9.59 Å². The van der Waals surface area contributed by atoms with Crippen LogP contribution in [-0.4, -0.2) is 60.6 Å². The van der Waals surface area contributed by atoms with Crippen molar-refractivity contribution in [3.8, 4) is 0 Å². The van der Waals surface area contributed by atoms with Crippen LogP contribution in [0.1, 0.15) is 27.2 Å². The van der Waals surface area contributed by atoms with Crippen molar-refractivity contribution in [2.75, 3.05) is 7.11 Å². The van der Waals surface area contributed by atoms with Gasteiger partial charge in [-0.1, -0.05) is 12.2 Å². The van der Waals surface area contributed by atoms with E-state index in [1.165, 1.54) is 39.2 Å². The number of esters is 3. The summed E-state index contributed by atoms with van der Waals surface area (Å²) < 4.78 is 20.4. The number of rotatable bonds is 8. The maximum absolute atomic E-state index is 11.3. The Hall–Kier alpha value is -2.19. The van der Waals surface area contributed by atoms with Gasteiger partial charge < -0.3 is 24.1 Å². The van der Waals surface area contributed by atoms with Gasteiger partial charge in [-0.2, -0.15) is 0 Å². The van der Waals surface area contributed by atoms with Crippen molar-refractivity contribution in [2.45, 2.75) is 57.7 Å². The van der Waals surface area contributed by atoms with Gasteiger partial charge >= 0.3 is 17.9 Å². The number of hydrogen-bond donors (Lipinski definition) is 1. The van der Waals surface area contributed by atoms with Crippen LogP contribution in [0.2, 0.25) is 0 Å². The second-order valence-corrected chi connectivity index (χ2v) is 5.58. The van der Waals surface area contributed by atoms with Crippen LogP contribution in [-0.2, 0) is 33.3 Å². The highest BCUT2D eigenvalue weighted by Crippen LogP contribution is 2.17. The van der Waals surface area contributed by atoms with Crippen LogP contribution in [0, 0.1) is 0 Å². The predicted molar refractivity (Wildman–Crippen MR) is 86.4 cm³/mol. The molecule has 5 unspecified atom stereocenters. The van der Waals surface area contributed by atoms with Gasteiger partial charge in [-0.25, -0.2) is 4.79 Å². The fraction of sp³-hybridized carbons (Fsp3) is 0.588.